The molecule has 0 fully saturated rings. The molecule has 0 amide bonds. The van der Waals surface area contributed by atoms with E-state index in [9.17, 15) is 0 Å². The Morgan fingerprint density at radius 2 is 1.26 bits per heavy atom. The maximum atomic E-state index is 5.84. The molecule has 0 unspecified atom stereocenters. The molecule has 0 atom stereocenters. The fraction of sp³-hybridized carbons (Fsp3) is 0.600. The van der Waals surface area contributed by atoms with Gasteiger partial charge in [0.25, 0.3) is 0 Å². The predicted molar refractivity (Wildman–Crippen MR) is 145 cm³/mol. The molecule has 1 aromatic heterocycles. The highest BCUT2D eigenvalue weighted by Crippen LogP contribution is 2.20. The third-order valence-electron chi connectivity index (χ3n) is 5.82. The second kappa shape index (κ2) is 19.9. The molecule has 2 rings (SSSR count). The van der Waals surface area contributed by atoms with Crippen molar-refractivity contribution in [3.05, 3.63) is 48.8 Å². The molecule has 0 radical (unpaired) electrons. The molecule has 5 nitrogen and oxygen atoms in total. The summed E-state index contributed by atoms with van der Waals surface area (Å²) in [6.45, 7) is 7.41. The predicted octanol–water partition coefficient (Wildman–Crippen LogP) is 8.20. The first kappa shape index (κ1) is 28.8. The molecule has 0 aliphatic heterocycles. The van der Waals surface area contributed by atoms with E-state index in [-0.39, 0.29) is 0 Å². The van der Waals surface area contributed by atoms with Gasteiger partial charge in [-0.1, -0.05) is 70.9 Å². The van der Waals surface area contributed by atoms with Crippen molar-refractivity contribution in [2.45, 2.75) is 90.9 Å². The molecule has 0 spiro atoms. The van der Waals surface area contributed by atoms with Crippen LogP contribution in [-0.4, -0.2) is 36.4 Å². The number of benzene rings is 1. The standard InChI is InChI=1S/C30H46N2O3/c1-3-5-7-8-9-10-11-12-14-23-35-29-25-31-30(32-26-29)27-17-19-28(20-18-27)34-24-16-15-22-33-21-13-6-4-2/h12,14,17-20,25-26H,3-11,13,15-16,21-24H2,1-2H3/b14-12+. The van der Waals surface area contributed by atoms with Gasteiger partial charge in [-0.05, 0) is 56.4 Å². The number of hydrogen-bond acceptors (Lipinski definition) is 5. The summed E-state index contributed by atoms with van der Waals surface area (Å²) in [5, 5.41) is 0. The molecule has 2 aromatic rings. The summed E-state index contributed by atoms with van der Waals surface area (Å²) in [6, 6.07) is 7.93. The summed E-state index contributed by atoms with van der Waals surface area (Å²) in [5.41, 5.74) is 0.961. The van der Waals surface area contributed by atoms with Crippen LogP contribution >= 0.6 is 0 Å². The van der Waals surface area contributed by atoms with Crippen molar-refractivity contribution in [2.75, 3.05) is 26.4 Å². The zero-order chi connectivity index (χ0) is 24.8. The Kier molecular flexibility index (Phi) is 16.4. The average molecular weight is 483 g/mol. The van der Waals surface area contributed by atoms with Gasteiger partial charge in [0.15, 0.2) is 11.6 Å². The third kappa shape index (κ3) is 13.9. The Morgan fingerprint density at radius 3 is 2.00 bits per heavy atom. The van der Waals surface area contributed by atoms with E-state index in [0.717, 1.165) is 50.2 Å². The topological polar surface area (TPSA) is 53.5 Å². The van der Waals surface area contributed by atoms with Gasteiger partial charge in [-0.15, -0.1) is 0 Å². The second-order valence-corrected chi connectivity index (χ2v) is 8.98. The van der Waals surface area contributed by atoms with Crippen LogP contribution in [0.15, 0.2) is 48.8 Å². The number of ether oxygens (including phenoxy) is 3. The lowest BCUT2D eigenvalue weighted by atomic mass is 10.1. The smallest absolute Gasteiger partial charge is 0.159 e. The summed E-state index contributed by atoms with van der Waals surface area (Å²) in [6.07, 6.45) is 22.5. The summed E-state index contributed by atoms with van der Waals surface area (Å²) in [4.78, 5) is 8.90. The van der Waals surface area contributed by atoms with E-state index in [4.69, 9.17) is 14.2 Å². The SMILES string of the molecule is CCCCCCCC/C=C/COc1cnc(-c2ccc(OCCCCOCCCCC)cc2)nc1. The Bertz CT molecular complexity index is 775. The zero-order valence-corrected chi connectivity index (χ0v) is 22.1. The second-order valence-electron chi connectivity index (χ2n) is 8.98. The molecule has 194 valence electrons. The first-order chi connectivity index (χ1) is 17.3. The maximum Gasteiger partial charge on any atom is 0.159 e. The van der Waals surface area contributed by atoms with Crippen molar-refractivity contribution >= 4 is 0 Å². The van der Waals surface area contributed by atoms with Gasteiger partial charge in [0.1, 0.15) is 12.4 Å². The fourth-order valence-electron chi connectivity index (χ4n) is 3.67. The Labute approximate surface area is 213 Å². The molecule has 0 bridgehead atoms. The molecule has 35 heavy (non-hydrogen) atoms. The minimum absolute atomic E-state index is 0.551. The molecular formula is C30H46N2O3. The molecule has 0 aliphatic rings. The van der Waals surface area contributed by atoms with Crippen LogP contribution in [0.2, 0.25) is 0 Å². The molecule has 1 heterocycles. The molecule has 0 aliphatic carbocycles. The number of aromatic nitrogens is 2. The van der Waals surface area contributed by atoms with Crippen molar-refractivity contribution in [1.82, 2.24) is 9.97 Å². The van der Waals surface area contributed by atoms with Crippen LogP contribution in [0.4, 0.5) is 0 Å². The highest BCUT2D eigenvalue weighted by Gasteiger charge is 2.03. The number of unbranched alkanes of at least 4 members (excludes halogenated alkanes) is 9. The number of nitrogens with zero attached hydrogens (tertiary/aromatic N) is 2. The highest BCUT2D eigenvalue weighted by molar-refractivity contribution is 5.56. The van der Waals surface area contributed by atoms with Gasteiger partial charge in [0.2, 0.25) is 0 Å². The van der Waals surface area contributed by atoms with E-state index in [2.05, 4.69) is 36.0 Å². The summed E-state index contributed by atoms with van der Waals surface area (Å²) in [5.74, 6) is 2.24. The lowest BCUT2D eigenvalue weighted by Crippen LogP contribution is -2.02. The minimum atomic E-state index is 0.551. The van der Waals surface area contributed by atoms with E-state index in [1.54, 1.807) is 12.4 Å². The maximum absolute atomic E-state index is 5.84. The Morgan fingerprint density at radius 1 is 0.629 bits per heavy atom. The van der Waals surface area contributed by atoms with E-state index >= 15 is 0 Å². The summed E-state index contributed by atoms with van der Waals surface area (Å²) >= 11 is 0. The quantitative estimate of drug-likeness (QED) is 0.133. The lowest BCUT2D eigenvalue weighted by molar-refractivity contribution is 0.123. The van der Waals surface area contributed by atoms with E-state index in [0.29, 0.717) is 24.8 Å². The average Bonchev–Trinajstić information content (AvgIpc) is 2.89. The van der Waals surface area contributed by atoms with Crippen LogP contribution < -0.4 is 9.47 Å². The molecule has 0 N–H and O–H groups in total. The van der Waals surface area contributed by atoms with Gasteiger partial charge in [-0.25, -0.2) is 9.97 Å². The number of hydrogen-bond donors (Lipinski definition) is 0. The fourth-order valence-corrected chi connectivity index (χ4v) is 3.67. The van der Waals surface area contributed by atoms with Crippen LogP contribution in [0, 0.1) is 0 Å². The van der Waals surface area contributed by atoms with E-state index in [1.807, 2.05) is 24.3 Å². The van der Waals surface area contributed by atoms with Crippen molar-refractivity contribution in [3.8, 4) is 22.9 Å². The van der Waals surface area contributed by atoms with Gasteiger partial charge in [0.05, 0.1) is 19.0 Å². The number of rotatable bonds is 21. The molecule has 1 aromatic carbocycles. The monoisotopic (exact) mass is 482 g/mol. The molecule has 0 saturated carbocycles. The molecular weight excluding hydrogens is 436 g/mol. The van der Waals surface area contributed by atoms with E-state index in [1.165, 1.54) is 51.4 Å². The van der Waals surface area contributed by atoms with Gasteiger partial charge in [0, 0.05) is 18.8 Å². The molecule has 0 saturated heterocycles. The third-order valence-corrected chi connectivity index (χ3v) is 5.82. The van der Waals surface area contributed by atoms with Gasteiger partial charge in [-0.2, -0.15) is 0 Å². The summed E-state index contributed by atoms with van der Waals surface area (Å²) in [7, 11) is 0. The lowest BCUT2D eigenvalue weighted by Gasteiger charge is -2.08. The van der Waals surface area contributed by atoms with Crippen molar-refractivity contribution < 1.29 is 14.2 Å². The van der Waals surface area contributed by atoms with Gasteiger partial charge < -0.3 is 14.2 Å². The summed E-state index contributed by atoms with van der Waals surface area (Å²) < 4.78 is 17.2. The largest absolute Gasteiger partial charge is 0.494 e. The normalized spacial score (nSPS) is 11.3. The van der Waals surface area contributed by atoms with Crippen molar-refractivity contribution in [1.29, 1.82) is 0 Å². The Hall–Kier alpha value is -2.40. The first-order valence-electron chi connectivity index (χ1n) is 13.7. The van der Waals surface area contributed by atoms with Gasteiger partial charge in [-0.3, -0.25) is 0 Å². The highest BCUT2D eigenvalue weighted by atomic mass is 16.5. The van der Waals surface area contributed by atoms with Crippen LogP contribution in [0.5, 0.6) is 11.5 Å². The first-order valence-corrected chi connectivity index (χ1v) is 13.7. The minimum Gasteiger partial charge on any atom is -0.494 e. The van der Waals surface area contributed by atoms with Crippen LogP contribution in [0.25, 0.3) is 11.4 Å². The van der Waals surface area contributed by atoms with E-state index < -0.39 is 0 Å². The van der Waals surface area contributed by atoms with Crippen molar-refractivity contribution in [3.63, 3.8) is 0 Å². The molecule has 5 heteroatoms. The van der Waals surface area contributed by atoms with Crippen molar-refractivity contribution in [2.24, 2.45) is 0 Å². The Balaban J connectivity index is 1.58. The van der Waals surface area contributed by atoms with Crippen LogP contribution in [-0.2, 0) is 4.74 Å². The van der Waals surface area contributed by atoms with Crippen LogP contribution in [0.3, 0.4) is 0 Å². The van der Waals surface area contributed by atoms with Gasteiger partial charge >= 0.3 is 0 Å². The van der Waals surface area contributed by atoms with Crippen LogP contribution in [0.1, 0.15) is 90.9 Å². The zero-order valence-electron chi connectivity index (χ0n) is 22.1. The number of allylic oxidation sites excluding steroid dienone is 1.